The molecule has 0 spiro atoms. The van der Waals surface area contributed by atoms with Crippen LogP contribution in [0, 0.1) is 0 Å². The Bertz CT molecular complexity index is 1040. The first-order chi connectivity index (χ1) is 12.3. The summed E-state index contributed by atoms with van der Waals surface area (Å²) in [7, 11) is -0.940. The molecule has 0 aliphatic heterocycles. The first-order valence-corrected chi connectivity index (χ1v) is 9.55. The summed E-state index contributed by atoms with van der Waals surface area (Å²) in [5.74, 6) is 0.187. The van der Waals surface area contributed by atoms with E-state index in [9.17, 15) is 13.2 Å². The standard InChI is InChI=1S/C17H17ClN4O3S/c1-22(2)26(24,25)15-9-11(7-8-12(15)18)17(23)19-10-16-20-13-5-3-4-6-14(13)21-16/h3-9H,10H2,1-2H3,(H,19,23)(H,20,21). The van der Waals surface area contributed by atoms with E-state index in [0.717, 1.165) is 15.3 Å². The fraction of sp³-hybridized carbons (Fsp3) is 0.176. The Morgan fingerprint density at radius 3 is 2.65 bits per heavy atom. The highest BCUT2D eigenvalue weighted by atomic mass is 35.5. The Kier molecular flexibility index (Phi) is 4.99. The number of aromatic nitrogens is 2. The van der Waals surface area contributed by atoms with E-state index in [1.807, 2.05) is 24.3 Å². The molecule has 0 fully saturated rings. The molecule has 0 aliphatic rings. The SMILES string of the molecule is CN(C)S(=O)(=O)c1cc(C(=O)NCc2nc3ccccc3[nH]2)ccc1Cl. The molecule has 2 aromatic carbocycles. The molecule has 0 unspecified atom stereocenters. The van der Waals surface area contributed by atoms with Gasteiger partial charge >= 0.3 is 0 Å². The molecule has 136 valence electrons. The highest BCUT2D eigenvalue weighted by molar-refractivity contribution is 7.89. The Balaban J connectivity index is 1.79. The number of carbonyl (C=O) groups excluding carboxylic acids is 1. The van der Waals surface area contributed by atoms with Gasteiger partial charge in [-0.3, -0.25) is 4.79 Å². The highest BCUT2D eigenvalue weighted by Crippen LogP contribution is 2.24. The maximum absolute atomic E-state index is 12.4. The smallest absolute Gasteiger partial charge is 0.251 e. The van der Waals surface area contributed by atoms with Crippen molar-refractivity contribution in [1.29, 1.82) is 0 Å². The summed E-state index contributed by atoms with van der Waals surface area (Å²) in [5.41, 5.74) is 1.89. The quantitative estimate of drug-likeness (QED) is 0.697. The van der Waals surface area contributed by atoms with Crippen LogP contribution in [0.3, 0.4) is 0 Å². The van der Waals surface area contributed by atoms with Crippen LogP contribution in [0.1, 0.15) is 16.2 Å². The molecule has 1 heterocycles. The lowest BCUT2D eigenvalue weighted by Crippen LogP contribution is -2.25. The third-order valence-electron chi connectivity index (χ3n) is 3.81. The van der Waals surface area contributed by atoms with Crippen LogP contribution in [0.4, 0.5) is 0 Å². The first-order valence-electron chi connectivity index (χ1n) is 7.73. The van der Waals surface area contributed by atoms with Gasteiger partial charge in [0.05, 0.1) is 22.6 Å². The zero-order valence-electron chi connectivity index (χ0n) is 14.2. The number of H-pyrrole nitrogens is 1. The van der Waals surface area contributed by atoms with E-state index in [1.54, 1.807) is 0 Å². The summed E-state index contributed by atoms with van der Waals surface area (Å²) in [6.07, 6.45) is 0. The van der Waals surface area contributed by atoms with E-state index < -0.39 is 15.9 Å². The highest BCUT2D eigenvalue weighted by Gasteiger charge is 2.22. The Hall–Kier alpha value is -2.42. The Labute approximate surface area is 156 Å². The molecule has 0 aliphatic carbocycles. The number of imidazole rings is 1. The van der Waals surface area contributed by atoms with E-state index in [1.165, 1.54) is 32.3 Å². The number of carbonyl (C=O) groups is 1. The van der Waals surface area contributed by atoms with Crippen molar-refractivity contribution >= 4 is 38.6 Å². The molecule has 0 saturated heterocycles. The number of hydrogen-bond donors (Lipinski definition) is 2. The lowest BCUT2D eigenvalue weighted by atomic mass is 10.2. The average molecular weight is 393 g/mol. The largest absolute Gasteiger partial charge is 0.345 e. The summed E-state index contributed by atoms with van der Waals surface area (Å²) in [6, 6.07) is 11.7. The fourth-order valence-electron chi connectivity index (χ4n) is 2.39. The van der Waals surface area contributed by atoms with Crippen LogP contribution in [0.15, 0.2) is 47.4 Å². The zero-order valence-corrected chi connectivity index (χ0v) is 15.7. The summed E-state index contributed by atoms with van der Waals surface area (Å²) in [6.45, 7) is 0.186. The number of sulfonamides is 1. The van der Waals surface area contributed by atoms with E-state index in [4.69, 9.17) is 11.6 Å². The van der Waals surface area contributed by atoms with Crippen LogP contribution >= 0.6 is 11.6 Å². The molecule has 3 rings (SSSR count). The minimum absolute atomic E-state index is 0.0625. The van der Waals surface area contributed by atoms with Crippen molar-refractivity contribution in [3.05, 3.63) is 58.9 Å². The minimum atomic E-state index is -3.75. The number of halogens is 1. The average Bonchev–Trinajstić information content (AvgIpc) is 3.02. The topological polar surface area (TPSA) is 95.2 Å². The zero-order chi connectivity index (χ0) is 18.9. The van der Waals surface area contributed by atoms with E-state index >= 15 is 0 Å². The third-order valence-corrected chi connectivity index (χ3v) is 6.10. The maximum atomic E-state index is 12.4. The van der Waals surface area contributed by atoms with Gasteiger partial charge in [-0.25, -0.2) is 17.7 Å². The lowest BCUT2D eigenvalue weighted by molar-refractivity contribution is 0.0950. The number of nitrogens with zero attached hydrogens (tertiary/aromatic N) is 2. The monoisotopic (exact) mass is 392 g/mol. The van der Waals surface area contributed by atoms with Crippen molar-refractivity contribution in [3.8, 4) is 0 Å². The molecule has 1 amide bonds. The van der Waals surface area contributed by atoms with Crippen molar-refractivity contribution in [2.45, 2.75) is 11.4 Å². The van der Waals surface area contributed by atoms with Crippen molar-refractivity contribution < 1.29 is 13.2 Å². The number of fused-ring (bicyclic) bond motifs is 1. The van der Waals surface area contributed by atoms with Gasteiger partial charge < -0.3 is 10.3 Å². The van der Waals surface area contributed by atoms with Crippen LogP contribution in [0.5, 0.6) is 0 Å². The van der Waals surface area contributed by atoms with Gasteiger partial charge in [-0.15, -0.1) is 0 Å². The summed E-state index contributed by atoms with van der Waals surface area (Å²) in [5, 5.41) is 2.78. The summed E-state index contributed by atoms with van der Waals surface area (Å²) >= 11 is 6.00. The normalized spacial score (nSPS) is 11.8. The van der Waals surface area contributed by atoms with Gasteiger partial charge in [0.15, 0.2) is 0 Å². The molecule has 0 atom stereocenters. The lowest BCUT2D eigenvalue weighted by Gasteiger charge is -2.13. The predicted octanol–water partition coefficient (Wildman–Crippen LogP) is 2.40. The number of nitrogens with one attached hydrogen (secondary N) is 2. The van der Waals surface area contributed by atoms with Gasteiger partial charge in [0.1, 0.15) is 10.7 Å². The maximum Gasteiger partial charge on any atom is 0.251 e. The number of amides is 1. The molecule has 0 saturated carbocycles. The van der Waals surface area contributed by atoms with Crippen LogP contribution < -0.4 is 5.32 Å². The minimum Gasteiger partial charge on any atom is -0.345 e. The molecule has 26 heavy (non-hydrogen) atoms. The second-order valence-corrected chi connectivity index (χ2v) is 8.34. The second-order valence-electron chi connectivity index (χ2n) is 5.82. The molecular weight excluding hydrogens is 376 g/mol. The van der Waals surface area contributed by atoms with Gasteiger partial charge in [0.25, 0.3) is 5.91 Å². The van der Waals surface area contributed by atoms with Crippen LogP contribution in [0.2, 0.25) is 5.02 Å². The van der Waals surface area contributed by atoms with Crippen molar-refractivity contribution in [2.24, 2.45) is 0 Å². The van der Waals surface area contributed by atoms with Gasteiger partial charge in [-0.2, -0.15) is 0 Å². The fourth-order valence-corrected chi connectivity index (χ4v) is 3.79. The number of aromatic amines is 1. The van der Waals surface area contributed by atoms with E-state index in [-0.39, 0.29) is 22.0 Å². The number of benzene rings is 2. The molecule has 1 aromatic heterocycles. The predicted molar refractivity (Wildman–Crippen MR) is 99.6 cm³/mol. The van der Waals surface area contributed by atoms with Gasteiger partial charge in [0.2, 0.25) is 10.0 Å². The molecule has 0 radical (unpaired) electrons. The third kappa shape index (κ3) is 3.57. The molecule has 2 N–H and O–H groups in total. The Morgan fingerprint density at radius 1 is 1.23 bits per heavy atom. The molecular formula is C17H17ClN4O3S. The van der Waals surface area contributed by atoms with Gasteiger partial charge in [-0.1, -0.05) is 23.7 Å². The van der Waals surface area contributed by atoms with Crippen molar-refractivity contribution in [2.75, 3.05) is 14.1 Å². The Morgan fingerprint density at radius 2 is 1.96 bits per heavy atom. The second kappa shape index (κ2) is 7.06. The first kappa shape index (κ1) is 18.4. The van der Waals surface area contributed by atoms with Crippen molar-refractivity contribution in [1.82, 2.24) is 19.6 Å². The van der Waals surface area contributed by atoms with Crippen LogP contribution in [-0.2, 0) is 16.6 Å². The van der Waals surface area contributed by atoms with Gasteiger partial charge in [0, 0.05) is 19.7 Å². The summed E-state index contributed by atoms with van der Waals surface area (Å²) in [4.78, 5) is 19.8. The van der Waals surface area contributed by atoms with E-state index in [2.05, 4.69) is 15.3 Å². The summed E-state index contributed by atoms with van der Waals surface area (Å²) < 4.78 is 25.6. The number of hydrogen-bond acceptors (Lipinski definition) is 4. The van der Waals surface area contributed by atoms with Crippen LogP contribution in [-0.4, -0.2) is 42.7 Å². The van der Waals surface area contributed by atoms with E-state index in [0.29, 0.717) is 5.82 Å². The van der Waals surface area contributed by atoms with Crippen LogP contribution in [0.25, 0.3) is 11.0 Å². The molecule has 9 heteroatoms. The van der Waals surface area contributed by atoms with Crippen molar-refractivity contribution in [3.63, 3.8) is 0 Å². The molecule has 3 aromatic rings. The molecule has 7 nitrogen and oxygen atoms in total. The van der Waals surface area contributed by atoms with Gasteiger partial charge in [-0.05, 0) is 30.3 Å². The number of rotatable bonds is 5. The number of para-hydroxylation sites is 2. The molecule has 0 bridgehead atoms.